The lowest BCUT2D eigenvalue weighted by Crippen LogP contribution is -2.61. The summed E-state index contributed by atoms with van der Waals surface area (Å²) in [6, 6.07) is 0. The fraction of sp³-hybridized carbons (Fsp3) is 0.395. The molecule has 268 valence electrons. The van der Waals surface area contributed by atoms with Gasteiger partial charge in [0.25, 0.3) is 0 Å². The van der Waals surface area contributed by atoms with Crippen molar-refractivity contribution >= 4 is 26.6 Å². The van der Waals surface area contributed by atoms with E-state index < -0.39 is 60.2 Å². The molecule has 0 N–H and O–H groups in total. The Labute approximate surface area is 317 Å². The number of esters is 2. The van der Waals surface area contributed by atoms with Crippen LogP contribution in [0.2, 0.25) is 0 Å². The van der Waals surface area contributed by atoms with Crippen LogP contribution in [0.1, 0.15) is 76.2 Å². The highest BCUT2D eigenvalue weighted by atomic mass is 16.9. The lowest BCUT2D eigenvalue weighted by atomic mass is 9.75. The fourth-order valence-electron chi connectivity index (χ4n) is 4.89. The smallest absolute Gasteiger partial charge is 0.457 e. The van der Waals surface area contributed by atoms with E-state index in [0.29, 0.717) is 0 Å². The van der Waals surface area contributed by atoms with Gasteiger partial charge in [-0.1, -0.05) is 23.5 Å². The quantitative estimate of drug-likeness (QED) is 0.0908. The molecule has 2 rings (SSSR count). The Bertz CT molecular complexity index is 2390. The van der Waals surface area contributed by atoms with Crippen LogP contribution in [0.3, 0.4) is 0 Å². The molecule has 0 aromatic carbocycles. The molecule has 0 aromatic rings. The van der Waals surface area contributed by atoms with Crippen LogP contribution >= 0.6 is 0 Å². The third-order valence-corrected chi connectivity index (χ3v) is 8.51. The molecular weight excluding hydrogens is 682 g/mol. The highest BCUT2D eigenvalue weighted by Crippen LogP contribution is 2.49. The lowest BCUT2D eigenvalue weighted by Gasteiger charge is -2.46. The molecule has 2 aliphatic heterocycles. The largest absolute Gasteiger partial charge is 0.628 e. The second kappa shape index (κ2) is 19.0. The average Bonchev–Trinajstić information content (AvgIpc) is 3.44. The first-order chi connectivity index (χ1) is 25.2. The number of carbonyl (C=O) groups excluding carboxylic acids is 2. The van der Waals surface area contributed by atoms with Crippen molar-refractivity contribution in [3.8, 4) is 35.5 Å². The van der Waals surface area contributed by atoms with Gasteiger partial charge in [-0.05, 0) is 156 Å². The minimum Gasteiger partial charge on any atom is -0.457 e. The highest BCUT2D eigenvalue weighted by Gasteiger charge is 2.68. The predicted molar refractivity (Wildman–Crippen MR) is 196 cm³/mol. The first-order valence-electron chi connectivity index (χ1n) is 16.1. The molecule has 0 amide bonds. The zero-order valence-corrected chi connectivity index (χ0v) is 32.0. The van der Waals surface area contributed by atoms with Crippen LogP contribution < -0.4 is 0 Å². The van der Waals surface area contributed by atoms with Crippen molar-refractivity contribution in [2.24, 2.45) is 0 Å². The van der Waals surface area contributed by atoms with Crippen molar-refractivity contribution in [1.29, 1.82) is 0 Å². The van der Waals surface area contributed by atoms with Gasteiger partial charge in [0.05, 0.1) is 11.2 Å². The van der Waals surface area contributed by atoms with Crippen LogP contribution in [0.15, 0.2) is 98.3 Å². The fourth-order valence-corrected chi connectivity index (χ4v) is 4.89. The van der Waals surface area contributed by atoms with Gasteiger partial charge >= 0.3 is 26.6 Å². The summed E-state index contributed by atoms with van der Waals surface area (Å²) in [6.07, 6.45) is 2.49. The normalized spacial score (nSPS) is 19.2. The third-order valence-electron chi connectivity index (χ3n) is 8.51. The molecule has 2 fully saturated rings. The Morgan fingerprint density at radius 2 is 1.00 bits per heavy atom. The molecule has 0 spiro atoms. The first-order valence-corrected chi connectivity index (χ1v) is 16.1. The third kappa shape index (κ3) is 11.9. The summed E-state index contributed by atoms with van der Waals surface area (Å²) < 4.78 is 41.7. The molecule has 2 aliphatic rings. The van der Waals surface area contributed by atoms with Gasteiger partial charge in [-0.15, -0.1) is 0 Å². The molecule has 2 saturated heterocycles. The number of hydrogen-bond donors (Lipinski definition) is 0. The van der Waals surface area contributed by atoms with E-state index in [9.17, 15) is 9.59 Å². The molecule has 0 aliphatic carbocycles. The zero-order chi connectivity index (χ0) is 40.5. The molecule has 0 saturated carbocycles. The van der Waals surface area contributed by atoms with Crippen LogP contribution in [-0.4, -0.2) is 60.2 Å². The van der Waals surface area contributed by atoms with Gasteiger partial charge in [-0.25, -0.2) is 16.4 Å². The van der Waals surface area contributed by atoms with Crippen LogP contribution in [0.4, 0.5) is 0 Å². The number of hydrogen-bond acceptors (Lipinski definition) is 9. The molecule has 2 unspecified atom stereocenters. The number of ether oxygens (including phenoxy) is 2. The van der Waals surface area contributed by atoms with Crippen molar-refractivity contribution in [2.45, 2.75) is 110 Å². The van der Waals surface area contributed by atoms with Gasteiger partial charge in [-0.2, -0.15) is 11.7 Å². The Balaban J connectivity index is 2.08. The number of rotatable bonds is 6. The SMILES string of the molecule is C=C=C=C=C=C=C=C=C=C=C=C=C=C=C=C=C=[C-]C#CC#CC#CC(=O)OC(C)(C)C1(C)OB(OB2OC(C)(C)C(C)(C(C)(C)OC(C)=O)O2)OC1(C)C. The van der Waals surface area contributed by atoms with E-state index >= 15 is 0 Å². The van der Waals surface area contributed by atoms with Gasteiger partial charge in [-0.3, -0.25) is 4.79 Å². The summed E-state index contributed by atoms with van der Waals surface area (Å²) in [5.74, 6) is 13.3. The van der Waals surface area contributed by atoms with E-state index in [1.165, 1.54) is 6.92 Å². The maximum Gasteiger partial charge on any atom is 0.628 e. The van der Waals surface area contributed by atoms with Crippen LogP contribution in [0.5, 0.6) is 0 Å². The molecule has 54 heavy (non-hydrogen) atoms. The summed E-state index contributed by atoms with van der Waals surface area (Å²) in [7, 11) is -2.51. The van der Waals surface area contributed by atoms with Crippen molar-refractivity contribution in [3.05, 3.63) is 104 Å². The summed E-state index contributed by atoms with van der Waals surface area (Å²) in [5.41, 5.74) is 33.0. The molecule has 0 aromatic heterocycles. The van der Waals surface area contributed by atoms with Crippen LogP contribution in [-0.2, 0) is 42.3 Å². The van der Waals surface area contributed by atoms with Gasteiger partial charge in [0, 0.05) is 12.8 Å². The maximum absolute atomic E-state index is 12.7. The van der Waals surface area contributed by atoms with E-state index in [4.69, 9.17) is 32.7 Å². The summed E-state index contributed by atoms with van der Waals surface area (Å²) in [4.78, 5) is 24.5. The van der Waals surface area contributed by atoms with Gasteiger partial charge in [0.1, 0.15) is 22.4 Å². The molecule has 2 heterocycles. The summed E-state index contributed by atoms with van der Waals surface area (Å²) in [6.45, 7) is 22.1. The lowest BCUT2D eigenvalue weighted by molar-refractivity contribution is -0.190. The van der Waals surface area contributed by atoms with Crippen LogP contribution in [0.25, 0.3) is 0 Å². The standard InChI is InChI=1S/C43H35B2O9/c1-13-14-15-16-17-18-19-20-21-22-23-24-25-26-27-28-29-30-31-32-33-34-35-37(47)49-39(5,6)43(12)41(9,10)51-45(53-43)54-44-50-40(7,8)42(11,52-44)38(3,4)48-36(2)46/h1H2,2-12H3/q-1. The number of allylic oxidation sites excluding steroid dienone is 1. The van der Waals surface area contributed by atoms with Gasteiger partial charge in [0.2, 0.25) is 0 Å². The minimum absolute atomic E-state index is 0.466. The minimum atomic E-state index is -1.27. The molecule has 2 atom stereocenters. The van der Waals surface area contributed by atoms with Crippen LogP contribution in [0, 0.1) is 41.6 Å². The maximum atomic E-state index is 12.7. The predicted octanol–water partition coefficient (Wildman–Crippen LogP) is 5.29. The van der Waals surface area contributed by atoms with Gasteiger partial charge in [0.15, 0.2) is 0 Å². The second-order valence-electron chi connectivity index (χ2n) is 13.2. The Kier molecular flexibility index (Phi) is 15.5. The van der Waals surface area contributed by atoms with Gasteiger partial charge < -0.3 is 32.7 Å². The van der Waals surface area contributed by atoms with Crippen molar-refractivity contribution in [3.63, 3.8) is 0 Å². The highest BCUT2D eigenvalue weighted by molar-refractivity contribution is 6.53. The molecule has 0 bridgehead atoms. The number of carbonyl (C=O) groups is 2. The monoisotopic (exact) mass is 717 g/mol. The van der Waals surface area contributed by atoms with E-state index in [-0.39, 0.29) is 0 Å². The van der Waals surface area contributed by atoms with E-state index in [0.717, 1.165) is 0 Å². The zero-order valence-electron chi connectivity index (χ0n) is 32.0. The Morgan fingerprint density at radius 3 is 1.44 bits per heavy atom. The summed E-state index contributed by atoms with van der Waals surface area (Å²) >= 11 is 0. The topological polar surface area (TPSA) is 98.8 Å². The van der Waals surface area contributed by atoms with Crippen molar-refractivity contribution < 1.29 is 42.3 Å². The van der Waals surface area contributed by atoms with E-state index in [1.54, 1.807) is 69.2 Å². The summed E-state index contributed by atoms with van der Waals surface area (Å²) in [5, 5.41) is 0. The molecule has 11 heteroatoms. The molecular formula is C43H35B2O9-. The first kappa shape index (κ1) is 43.9. The average molecular weight is 717 g/mol. The second-order valence-corrected chi connectivity index (χ2v) is 13.2. The van der Waals surface area contributed by atoms with Crippen molar-refractivity contribution in [1.82, 2.24) is 0 Å². The van der Waals surface area contributed by atoms with E-state index in [2.05, 4.69) is 140 Å². The van der Waals surface area contributed by atoms with Crippen molar-refractivity contribution in [2.75, 3.05) is 0 Å². The van der Waals surface area contributed by atoms with E-state index in [1.807, 2.05) is 0 Å². The molecule has 0 radical (unpaired) electrons. The Hall–Kier alpha value is -6.23. The molecule has 9 nitrogen and oxygen atoms in total. The Morgan fingerprint density at radius 1 is 0.593 bits per heavy atom.